The molecule has 0 atom stereocenters. The van der Waals surface area contributed by atoms with E-state index >= 15 is 0 Å². The number of azo groups is 1. The van der Waals surface area contributed by atoms with Crippen molar-refractivity contribution in [1.82, 2.24) is 0 Å². The maximum atomic E-state index is 11.7. The Morgan fingerprint density at radius 2 is 1.82 bits per heavy atom. The Labute approximate surface area is 221 Å². The number of benzene rings is 2. The lowest BCUT2D eigenvalue weighted by Gasteiger charge is -2.23. The van der Waals surface area contributed by atoms with Gasteiger partial charge < -0.3 is 25.0 Å². The number of nitro benzene ring substituents is 1. The van der Waals surface area contributed by atoms with E-state index in [2.05, 4.69) is 19.7 Å². The number of aliphatic hydroxyl groups is 2. The van der Waals surface area contributed by atoms with Gasteiger partial charge in [0.05, 0.1) is 36.3 Å². The Hall–Kier alpha value is -3.61. The molecule has 0 saturated carbocycles. The van der Waals surface area contributed by atoms with E-state index < -0.39 is 15.3 Å². The number of hydrogen-bond donors (Lipinski definition) is 3. The van der Waals surface area contributed by atoms with E-state index in [0.29, 0.717) is 40.5 Å². The van der Waals surface area contributed by atoms with Gasteiger partial charge in [-0.2, -0.15) is 0 Å². The van der Waals surface area contributed by atoms with Gasteiger partial charge in [-0.15, -0.1) is 14.2 Å². The summed E-state index contributed by atoms with van der Waals surface area (Å²) < 4.78 is 32.9. The molecule has 0 aliphatic heterocycles. The molecule has 0 bridgehead atoms. The minimum absolute atomic E-state index is 0.0384. The second-order valence-electron chi connectivity index (χ2n) is 7.44. The quantitative estimate of drug-likeness (QED) is 0.0804. The highest BCUT2D eigenvalue weighted by Crippen LogP contribution is 2.35. The van der Waals surface area contributed by atoms with Gasteiger partial charge in [-0.1, -0.05) is 0 Å². The zero-order valence-electron chi connectivity index (χ0n) is 20.6. The summed E-state index contributed by atoms with van der Waals surface area (Å²) in [6, 6.07) is 9.68. The number of nitro groups is 1. The number of hydrogen-bond acceptors (Lipinski definition) is 13. The molecule has 1 aromatic heterocycles. The van der Waals surface area contributed by atoms with Crippen molar-refractivity contribution in [2.75, 3.05) is 43.6 Å². The van der Waals surface area contributed by atoms with E-state index in [1.54, 1.807) is 29.2 Å². The Morgan fingerprint density at radius 3 is 2.34 bits per heavy atom. The Morgan fingerprint density at radius 1 is 1.18 bits per heavy atom. The zero-order chi connectivity index (χ0) is 28.5. The van der Waals surface area contributed by atoms with Gasteiger partial charge in [-0.25, -0.2) is 8.42 Å². The highest BCUT2D eigenvalue weighted by Gasteiger charge is 2.20. The molecule has 1 heterocycles. The number of rotatable bonds is 10. The Bertz CT molecular complexity index is 1420. The number of anilines is 2. The van der Waals surface area contributed by atoms with Gasteiger partial charge in [-0.05, 0) is 18.2 Å². The van der Waals surface area contributed by atoms with Crippen molar-refractivity contribution in [3.05, 3.63) is 46.5 Å². The van der Waals surface area contributed by atoms with Crippen LogP contribution in [-0.2, 0) is 26.4 Å². The predicted octanol–water partition coefficient (Wildman–Crippen LogP) is 1.89. The monoisotopic (exact) mass is 570 g/mol. The van der Waals surface area contributed by atoms with Crippen LogP contribution in [0.5, 0.6) is 0 Å². The summed E-state index contributed by atoms with van der Waals surface area (Å²) in [5.74, 6) is -0.293. The third kappa shape index (κ3) is 8.75. The minimum atomic E-state index is -4.41. The van der Waals surface area contributed by atoms with Gasteiger partial charge in [0.2, 0.25) is 26.8 Å². The van der Waals surface area contributed by atoms with Crippen molar-refractivity contribution >= 4 is 66.5 Å². The lowest BCUT2D eigenvalue weighted by Crippen LogP contribution is -2.29. The van der Waals surface area contributed by atoms with Crippen LogP contribution in [0.1, 0.15) is 6.92 Å². The normalized spacial score (nSPS) is 11.3. The van der Waals surface area contributed by atoms with E-state index in [1.807, 2.05) is 11.0 Å². The largest absolute Gasteiger partial charge is 0.726 e. The molecule has 3 N–H and O–H groups in total. The van der Waals surface area contributed by atoms with E-state index in [-0.39, 0.29) is 24.8 Å². The number of aromatic nitrogens is 1. The maximum Gasteiger partial charge on any atom is 0.270 e. The van der Waals surface area contributed by atoms with Gasteiger partial charge in [0.1, 0.15) is 5.69 Å². The summed E-state index contributed by atoms with van der Waals surface area (Å²) in [6.45, 7) is 1.82. The van der Waals surface area contributed by atoms with Crippen molar-refractivity contribution in [2.45, 2.75) is 6.92 Å². The number of amides is 1. The molecule has 2 aromatic carbocycles. The van der Waals surface area contributed by atoms with Gasteiger partial charge in [0.25, 0.3) is 5.69 Å². The average molecular weight is 571 g/mol. The molecule has 0 unspecified atom stereocenters. The average Bonchev–Trinajstić information content (AvgIpc) is 3.17. The van der Waals surface area contributed by atoms with Gasteiger partial charge in [0, 0.05) is 43.9 Å². The number of nitrogens with zero attached hydrogens (tertiary/aromatic N) is 5. The third-order valence-corrected chi connectivity index (χ3v) is 6.19. The number of nitrogens with one attached hydrogen (secondary N) is 1. The fourth-order valence-corrected chi connectivity index (χ4v) is 4.05. The molecule has 206 valence electrons. The summed E-state index contributed by atoms with van der Waals surface area (Å²) in [5.41, 5.74) is 2.25. The van der Waals surface area contributed by atoms with Crippen LogP contribution in [0.25, 0.3) is 10.9 Å². The number of aliphatic hydroxyl groups excluding tert-OH is 2. The standard InChI is InChI=1S/C20H22N6O5S.CH4O4S/c1-13(29)21-18-12-14(25(7-9-27)8-10-28)3-5-17(18)22-23-20-16-11-15(26(30)31)4-6-19(16)24(2)32-20;1-5-6(2,3)4/h3-6,11-12,27-28H,7-10H2,1-2H3;1H3,(H,2,3,4). The van der Waals surface area contributed by atoms with Gasteiger partial charge in [-0.3, -0.25) is 19.1 Å². The second kappa shape index (κ2) is 13.8. The molecule has 0 radical (unpaired) electrons. The molecule has 38 heavy (non-hydrogen) atoms. The molecule has 0 saturated heterocycles. The smallest absolute Gasteiger partial charge is 0.270 e. The molecule has 0 spiro atoms. The number of non-ortho nitro benzene ring substituents is 1. The minimum Gasteiger partial charge on any atom is -0.726 e. The Kier molecular flexibility index (Phi) is 11.1. The van der Waals surface area contributed by atoms with Crippen LogP contribution in [0, 0.1) is 10.1 Å². The molecule has 17 heteroatoms. The van der Waals surface area contributed by atoms with Crippen molar-refractivity contribution < 1.29 is 41.0 Å². The van der Waals surface area contributed by atoms with Crippen LogP contribution < -0.4 is 14.2 Å². The highest BCUT2D eigenvalue weighted by atomic mass is 32.3. The summed E-state index contributed by atoms with van der Waals surface area (Å²) in [4.78, 5) is 24.2. The SMILES string of the molecule is CC(=O)Nc1cc(N(CCO)CCO)ccc1N=Nc1s[n+](C)c2ccc([N+](=O)[O-])cc12.COS(=O)(=O)[O-]. The molecular formula is C21H26N6O9S2. The first-order valence-corrected chi connectivity index (χ1v) is 12.9. The first-order chi connectivity index (χ1) is 17.9. The van der Waals surface area contributed by atoms with Crippen LogP contribution in [0.4, 0.5) is 27.8 Å². The molecular weight excluding hydrogens is 544 g/mol. The molecule has 0 fully saturated rings. The molecule has 15 nitrogen and oxygen atoms in total. The van der Waals surface area contributed by atoms with Crippen LogP contribution in [0.15, 0.2) is 46.6 Å². The van der Waals surface area contributed by atoms with Gasteiger partial charge >= 0.3 is 0 Å². The summed E-state index contributed by atoms with van der Waals surface area (Å²) >= 11 is 1.29. The predicted molar refractivity (Wildman–Crippen MR) is 138 cm³/mol. The zero-order valence-corrected chi connectivity index (χ0v) is 22.2. The van der Waals surface area contributed by atoms with Crippen LogP contribution in [0.2, 0.25) is 0 Å². The van der Waals surface area contributed by atoms with Crippen molar-refractivity contribution in [3.8, 4) is 0 Å². The second-order valence-corrected chi connectivity index (χ2v) is 9.71. The number of carbonyl (C=O) groups is 1. The molecule has 0 aliphatic carbocycles. The summed E-state index contributed by atoms with van der Waals surface area (Å²) in [6.07, 6.45) is 0. The number of carbonyl (C=O) groups excluding carboxylic acids is 1. The fourth-order valence-electron chi connectivity index (χ4n) is 3.19. The number of aryl methyl sites for hydroxylation is 1. The lowest BCUT2D eigenvalue weighted by molar-refractivity contribution is -0.573. The molecule has 1 amide bonds. The van der Waals surface area contributed by atoms with E-state index in [4.69, 9.17) is 0 Å². The fraction of sp³-hybridized carbons (Fsp3) is 0.333. The summed E-state index contributed by atoms with van der Waals surface area (Å²) in [7, 11) is -1.78. The van der Waals surface area contributed by atoms with Crippen molar-refractivity contribution in [2.24, 2.45) is 17.3 Å². The summed E-state index contributed by atoms with van der Waals surface area (Å²) in [5, 5.41) is 42.1. The van der Waals surface area contributed by atoms with Gasteiger partial charge in [0.15, 0.2) is 18.6 Å². The van der Waals surface area contributed by atoms with E-state index in [9.17, 15) is 38.1 Å². The molecule has 0 aliphatic rings. The molecule has 3 aromatic rings. The third-order valence-electron chi connectivity index (χ3n) is 4.83. The van der Waals surface area contributed by atoms with Crippen molar-refractivity contribution in [3.63, 3.8) is 0 Å². The van der Waals surface area contributed by atoms with E-state index in [0.717, 1.165) is 12.6 Å². The molecule has 3 rings (SSSR count). The van der Waals surface area contributed by atoms with Crippen LogP contribution >= 0.6 is 11.5 Å². The first-order valence-electron chi connectivity index (χ1n) is 10.8. The topological polar surface area (TPSA) is 211 Å². The Balaban J connectivity index is 0.000000757. The van der Waals surface area contributed by atoms with Crippen LogP contribution in [0.3, 0.4) is 0 Å². The first kappa shape index (κ1) is 30.6. The highest BCUT2D eigenvalue weighted by molar-refractivity contribution is 7.80. The van der Waals surface area contributed by atoms with Crippen molar-refractivity contribution in [1.29, 1.82) is 0 Å². The maximum absolute atomic E-state index is 11.7. The van der Waals surface area contributed by atoms with E-state index in [1.165, 1.54) is 30.6 Å². The number of fused-ring (bicyclic) bond motifs is 1. The lowest BCUT2D eigenvalue weighted by atomic mass is 10.2. The van der Waals surface area contributed by atoms with Crippen LogP contribution in [-0.4, -0.2) is 67.4 Å².